The molecule has 2 aromatic rings. The van der Waals surface area contributed by atoms with E-state index in [0.717, 1.165) is 36.0 Å². The van der Waals surface area contributed by atoms with Gasteiger partial charge in [-0.3, -0.25) is 4.98 Å². The van der Waals surface area contributed by atoms with Gasteiger partial charge in [0.25, 0.3) is 0 Å². The molecule has 0 radical (unpaired) electrons. The number of ether oxygens (including phenoxy) is 1. The first kappa shape index (κ1) is 13.8. The lowest BCUT2D eigenvalue weighted by molar-refractivity contribution is 0.110. The van der Waals surface area contributed by atoms with Gasteiger partial charge in [0.2, 0.25) is 0 Å². The van der Waals surface area contributed by atoms with Gasteiger partial charge in [0.15, 0.2) is 0 Å². The first-order valence-corrected chi connectivity index (χ1v) is 7.99. The number of nitrogens with zero attached hydrogens (tertiary/aromatic N) is 1. The second kappa shape index (κ2) is 5.70. The van der Waals surface area contributed by atoms with Crippen LogP contribution in [0.25, 0.3) is 10.9 Å². The SMILES string of the molecule is CCNc1c2c(nc3c(CC)cc(Br)cc13)CCOC2. The van der Waals surface area contributed by atoms with Crippen molar-refractivity contribution in [1.29, 1.82) is 0 Å². The molecule has 0 unspecified atom stereocenters. The van der Waals surface area contributed by atoms with Crippen LogP contribution in [-0.4, -0.2) is 18.1 Å². The number of rotatable bonds is 3. The van der Waals surface area contributed by atoms with Gasteiger partial charge in [0.1, 0.15) is 0 Å². The minimum absolute atomic E-state index is 0.661. The van der Waals surface area contributed by atoms with Gasteiger partial charge in [-0.15, -0.1) is 0 Å². The van der Waals surface area contributed by atoms with Crippen molar-refractivity contribution in [2.45, 2.75) is 33.3 Å². The number of halogens is 1. The van der Waals surface area contributed by atoms with Crippen molar-refractivity contribution in [3.8, 4) is 0 Å². The molecule has 0 bridgehead atoms. The third kappa shape index (κ3) is 2.31. The lowest BCUT2D eigenvalue weighted by Crippen LogP contribution is -2.15. The van der Waals surface area contributed by atoms with Gasteiger partial charge < -0.3 is 10.1 Å². The lowest BCUT2D eigenvalue weighted by atomic mass is 9.99. The van der Waals surface area contributed by atoms with Crippen LogP contribution in [0.5, 0.6) is 0 Å². The number of anilines is 1. The Morgan fingerprint density at radius 2 is 2.20 bits per heavy atom. The molecule has 3 rings (SSSR count). The molecule has 2 heterocycles. The van der Waals surface area contributed by atoms with Gasteiger partial charge in [-0.05, 0) is 31.0 Å². The minimum Gasteiger partial charge on any atom is -0.384 e. The number of benzene rings is 1. The molecule has 1 aromatic carbocycles. The number of aromatic nitrogens is 1. The van der Waals surface area contributed by atoms with Crippen LogP contribution in [-0.2, 0) is 24.2 Å². The summed E-state index contributed by atoms with van der Waals surface area (Å²) in [5, 5.41) is 4.71. The van der Waals surface area contributed by atoms with Crippen molar-refractivity contribution in [3.05, 3.63) is 33.4 Å². The maximum atomic E-state index is 5.63. The topological polar surface area (TPSA) is 34.2 Å². The highest BCUT2D eigenvalue weighted by molar-refractivity contribution is 9.10. The normalized spacial score (nSPS) is 14.3. The maximum Gasteiger partial charge on any atom is 0.0758 e. The van der Waals surface area contributed by atoms with Crippen molar-refractivity contribution < 1.29 is 4.74 Å². The summed E-state index contributed by atoms with van der Waals surface area (Å²) < 4.78 is 6.74. The highest BCUT2D eigenvalue weighted by Gasteiger charge is 2.19. The molecule has 0 aliphatic carbocycles. The average Bonchev–Trinajstić information content (AvgIpc) is 2.47. The minimum atomic E-state index is 0.661. The Hall–Kier alpha value is -1.13. The molecule has 0 atom stereocenters. The molecule has 4 heteroatoms. The van der Waals surface area contributed by atoms with E-state index in [-0.39, 0.29) is 0 Å². The van der Waals surface area contributed by atoms with E-state index in [0.29, 0.717) is 6.61 Å². The fourth-order valence-corrected chi connectivity index (χ4v) is 3.35. The summed E-state index contributed by atoms with van der Waals surface area (Å²) in [6, 6.07) is 4.34. The van der Waals surface area contributed by atoms with Gasteiger partial charge >= 0.3 is 0 Å². The molecule has 0 saturated carbocycles. The molecule has 1 N–H and O–H groups in total. The zero-order chi connectivity index (χ0) is 14.1. The van der Waals surface area contributed by atoms with Crippen LogP contribution < -0.4 is 5.32 Å². The van der Waals surface area contributed by atoms with Crippen LogP contribution in [0.4, 0.5) is 5.69 Å². The Bertz CT molecular complexity index is 655. The van der Waals surface area contributed by atoms with Crippen LogP contribution in [0.3, 0.4) is 0 Å². The molecular weight excluding hydrogens is 316 g/mol. The van der Waals surface area contributed by atoms with Crippen LogP contribution in [0.2, 0.25) is 0 Å². The number of fused-ring (bicyclic) bond motifs is 2. The molecule has 1 aromatic heterocycles. The van der Waals surface area contributed by atoms with Crippen LogP contribution >= 0.6 is 15.9 Å². The van der Waals surface area contributed by atoms with Gasteiger partial charge in [-0.25, -0.2) is 0 Å². The van der Waals surface area contributed by atoms with Crippen molar-refractivity contribution in [3.63, 3.8) is 0 Å². The molecule has 106 valence electrons. The molecule has 1 aliphatic heterocycles. The summed E-state index contributed by atoms with van der Waals surface area (Å²) in [5.41, 5.74) is 6.04. The first-order valence-electron chi connectivity index (χ1n) is 7.20. The third-order valence-electron chi connectivity index (χ3n) is 3.78. The molecule has 0 fully saturated rings. The van der Waals surface area contributed by atoms with Crippen molar-refractivity contribution >= 4 is 32.5 Å². The Balaban J connectivity index is 2.35. The highest BCUT2D eigenvalue weighted by atomic mass is 79.9. The van der Waals surface area contributed by atoms with Crippen LogP contribution in [0.15, 0.2) is 16.6 Å². The number of pyridine rings is 1. The van der Waals surface area contributed by atoms with Crippen molar-refractivity contribution in [1.82, 2.24) is 4.98 Å². The molecular formula is C16H19BrN2O. The van der Waals surface area contributed by atoms with Crippen molar-refractivity contribution in [2.24, 2.45) is 0 Å². The standard InChI is InChI=1S/C16H19BrN2O/c1-3-10-7-11(17)8-12-15(10)19-14-5-6-20-9-13(14)16(12)18-4-2/h7-8H,3-6,9H2,1-2H3,(H,18,19). The summed E-state index contributed by atoms with van der Waals surface area (Å²) in [6.07, 6.45) is 1.90. The highest BCUT2D eigenvalue weighted by Crippen LogP contribution is 2.35. The predicted octanol–water partition coefficient (Wildman–Crippen LogP) is 4.06. The Kier molecular flexibility index (Phi) is 3.94. The van der Waals surface area contributed by atoms with Gasteiger partial charge in [0.05, 0.1) is 30.1 Å². The molecule has 0 saturated heterocycles. The Morgan fingerprint density at radius 1 is 1.35 bits per heavy atom. The number of nitrogens with one attached hydrogen (secondary N) is 1. The van der Waals surface area contributed by atoms with Gasteiger partial charge in [0, 0.05) is 28.4 Å². The third-order valence-corrected chi connectivity index (χ3v) is 4.24. The summed E-state index contributed by atoms with van der Waals surface area (Å²) in [6.45, 7) is 6.64. The second-order valence-electron chi connectivity index (χ2n) is 5.06. The smallest absolute Gasteiger partial charge is 0.0758 e. The fraction of sp³-hybridized carbons (Fsp3) is 0.438. The average molecular weight is 335 g/mol. The van der Waals surface area contributed by atoms with E-state index in [1.807, 2.05) is 0 Å². The zero-order valence-electron chi connectivity index (χ0n) is 11.9. The van der Waals surface area contributed by atoms with E-state index >= 15 is 0 Å². The van der Waals surface area contributed by atoms with E-state index < -0.39 is 0 Å². The monoisotopic (exact) mass is 334 g/mol. The largest absolute Gasteiger partial charge is 0.384 e. The molecule has 0 amide bonds. The fourth-order valence-electron chi connectivity index (χ4n) is 2.84. The quantitative estimate of drug-likeness (QED) is 0.918. The molecule has 20 heavy (non-hydrogen) atoms. The molecule has 0 spiro atoms. The molecule has 1 aliphatic rings. The van der Waals surface area contributed by atoms with Gasteiger partial charge in [-0.2, -0.15) is 0 Å². The van der Waals surface area contributed by atoms with Gasteiger partial charge in [-0.1, -0.05) is 22.9 Å². The van der Waals surface area contributed by atoms with Crippen LogP contribution in [0, 0.1) is 0 Å². The summed E-state index contributed by atoms with van der Waals surface area (Å²) in [7, 11) is 0. The van der Waals surface area contributed by atoms with Crippen molar-refractivity contribution in [2.75, 3.05) is 18.5 Å². The predicted molar refractivity (Wildman–Crippen MR) is 86.3 cm³/mol. The summed E-state index contributed by atoms with van der Waals surface area (Å²) in [5.74, 6) is 0. The van der Waals surface area contributed by atoms with E-state index in [9.17, 15) is 0 Å². The summed E-state index contributed by atoms with van der Waals surface area (Å²) in [4.78, 5) is 4.93. The van der Waals surface area contributed by atoms with E-state index in [4.69, 9.17) is 9.72 Å². The van der Waals surface area contributed by atoms with Crippen LogP contribution in [0.1, 0.15) is 30.7 Å². The first-order chi connectivity index (χ1) is 9.74. The lowest BCUT2D eigenvalue weighted by Gasteiger charge is -2.22. The number of hydrogen-bond acceptors (Lipinski definition) is 3. The van der Waals surface area contributed by atoms with E-state index in [2.05, 4.69) is 47.2 Å². The van der Waals surface area contributed by atoms with E-state index in [1.54, 1.807) is 0 Å². The second-order valence-corrected chi connectivity index (χ2v) is 5.98. The Morgan fingerprint density at radius 3 is 2.95 bits per heavy atom. The molecule has 3 nitrogen and oxygen atoms in total. The number of aryl methyl sites for hydroxylation is 1. The summed E-state index contributed by atoms with van der Waals surface area (Å²) >= 11 is 3.62. The number of hydrogen-bond donors (Lipinski definition) is 1. The zero-order valence-corrected chi connectivity index (χ0v) is 13.5. The van der Waals surface area contributed by atoms with E-state index in [1.165, 1.54) is 27.9 Å². The Labute approximate surface area is 127 Å². The maximum absolute atomic E-state index is 5.63.